The summed E-state index contributed by atoms with van der Waals surface area (Å²) >= 11 is 0. The second-order valence-electron chi connectivity index (χ2n) is 6.20. The van der Waals surface area contributed by atoms with Gasteiger partial charge in [-0.05, 0) is 24.3 Å². The summed E-state index contributed by atoms with van der Waals surface area (Å²) in [6.45, 7) is 5.20. The first-order valence-corrected chi connectivity index (χ1v) is 8.80. The number of para-hydroxylation sites is 2. The molecule has 1 atom stereocenters. The first-order chi connectivity index (χ1) is 10.5. The molecule has 116 valence electrons. The van der Waals surface area contributed by atoms with Crippen molar-refractivity contribution < 1.29 is 13.6 Å². The molecular weight excluding hydrogens is 297 g/mol. The Morgan fingerprint density at radius 1 is 1.05 bits per heavy atom. The molecule has 0 radical (unpaired) electrons. The molecule has 0 saturated carbocycles. The van der Waals surface area contributed by atoms with Crippen molar-refractivity contribution >= 4 is 13.4 Å². The largest absolute Gasteiger partial charge is 0.489 e. The zero-order chi connectivity index (χ0) is 15.6. The van der Waals surface area contributed by atoms with Crippen LogP contribution in [-0.4, -0.2) is 13.2 Å². The van der Waals surface area contributed by atoms with Crippen LogP contribution in [0, 0.1) is 5.41 Å². The van der Waals surface area contributed by atoms with Crippen molar-refractivity contribution in [1.29, 1.82) is 0 Å². The highest BCUT2D eigenvalue weighted by Crippen LogP contribution is 2.58. The molecule has 1 fully saturated rings. The minimum absolute atomic E-state index is 0.0935. The van der Waals surface area contributed by atoms with Crippen LogP contribution in [0.1, 0.15) is 13.8 Å². The number of hydrogen-bond donors (Lipinski definition) is 0. The third kappa shape index (κ3) is 3.18. The van der Waals surface area contributed by atoms with Gasteiger partial charge in [0.25, 0.3) is 0 Å². The van der Waals surface area contributed by atoms with E-state index in [0.29, 0.717) is 18.9 Å². The quantitative estimate of drug-likeness (QED) is 0.767. The minimum atomic E-state index is -3.41. The fourth-order valence-electron chi connectivity index (χ4n) is 2.39. The maximum atomic E-state index is 13.3. The van der Waals surface area contributed by atoms with E-state index in [4.69, 9.17) is 9.05 Å². The molecule has 0 N–H and O–H groups in total. The highest BCUT2D eigenvalue weighted by Gasteiger charge is 2.45. The SMILES string of the molecule is CC1(C)COP(=O)(Oc2ccccc2)N(c2ccccc2)C1. The lowest BCUT2D eigenvalue weighted by atomic mass is 9.95. The summed E-state index contributed by atoms with van der Waals surface area (Å²) in [6, 6.07) is 18.8. The molecule has 22 heavy (non-hydrogen) atoms. The lowest BCUT2D eigenvalue weighted by Gasteiger charge is -2.42. The van der Waals surface area contributed by atoms with Gasteiger partial charge in [-0.25, -0.2) is 4.57 Å². The van der Waals surface area contributed by atoms with Crippen LogP contribution in [-0.2, 0) is 9.09 Å². The smallest absolute Gasteiger partial charge is 0.409 e. The summed E-state index contributed by atoms with van der Waals surface area (Å²) in [6.07, 6.45) is 0. The van der Waals surface area contributed by atoms with E-state index in [9.17, 15) is 4.57 Å². The molecule has 0 aromatic heterocycles. The molecule has 1 unspecified atom stereocenters. The Balaban J connectivity index is 1.95. The van der Waals surface area contributed by atoms with Gasteiger partial charge >= 0.3 is 7.75 Å². The fraction of sp³-hybridized carbons (Fsp3) is 0.294. The molecule has 1 aliphatic heterocycles. The van der Waals surface area contributed by atoms with Crippen LogP contribution >= 0.6 is 7.75 Å². The van der Waals surface area contributed by atoms with Gasteiger partial charge in [-0.2, -0.15) is 0 Å². The normalized spacial score (nSPS) is 24.0. The molecule has 1 aliphatic rings. The Hall–Kier alpha value is -1.77. The Kier molecular flexibility index (Phi) is 3.98. The summed E-state index contributed by atoms with van der Waals surface area (Å²) < 4.78 is 26.5. The highest BCUT2D eigenvalue weighted by atomic mass is 31.2. The second-order valence-corrected chi connectivity index (χ2v) is 8.06. The van der Waals surface area contributed by atoms with E-state index in [1.54, 1.807) is 16.8 Å². The number of rotatable bonds is 3. The lowest BCUT2D eigenvalue weighted by molar-refractivity contribution is 0.142. The molecule has 2 aromatic carbocycles. The third-order valence-corrected chi connectivity index (χ3v) is 5.37. The Labute approximate surface area is 131 Å². The molecule has 0 spiro atoms. The minimum Gasteiger partial charge on any atom is -0.409 e. The van der Waals surface area contributed by atoms with Crippen LogP contribution in [0.25, 0.3) is 0 Å². The molecule has 0 bridgehead atoms. The highest BCUT2D eigenvalue weighted by molar-refractivity contribution is 7.56. The Bertz CT molecular complexity index is 673. The fourth-order valence-corrected chi connectivity index (χ4v) is 4.55. The first-order valence-electron chi connectivity index (χ1n) is 7.31. The van der Waals surface area contributed by atoms with Crippen LogP contribution < -0.4 is 9.19 Å². The van der Waals surface area contributed by atoms with Gasteiger partial charge in [0, 0.05) is 17.6 Å². The Morgan fingerprint density at radius 3 is 2.27 bits per heavy atom. The predicted octanol–water partition coefficient (Wildman–Crippen LogP) is 4.74. The molecule has 5 heteroatoms. The van der Waals surface area contributed by atoms with E-state index in [0.717, 1.165) is 5.69 Å². The molecule has 0 amide bonds. The zero-order valence-corrected chi connectivity index (χ0v) is 13.7. The van der Waals surface area contributed by atoms with Gasteiger partial charge in [-0.1, -0.05) is 50.2 Å². The summed E-state index contributed by atoms with van der Waals surface area (Å²) in [5.74, 6) is 0.548. The van der Waals surface area contributed by atoms with Crippen molar-refractivity contribution in [2.45, 2.75) is 13.8 Å². The average molecular weight is 317 g/mol. The summed E-state index contributed by atoms with van der Waals surface area (Å²) in [5, 5.41) is 0. The van der Waals surface area contributed by atoms with Crippen LogP contribution in [0.3, 0.4) is 0 Å². The van der Waals surface area contributed by atoms with E-state index in [2.05, 4.69) is 13.8 Å². The predicted molar refractivity (Wildman–Crippen MR) is 88.2 cm³/mol. The molecular formula is C17H20NO3P. The van der Waals surface area contributed by atoms with Crippen LogP contribution in [0.4, 0.5) is 5.69 Å². The number of nitrogens with zero attached hydrogens (tertiary/aromatic N) is 1. The van der Waals surface area contributed by atoms with Crippen molar-refractivity contribution in [2.24, 2.45) is 5.41 Å². The standard InChI is InChI=1S/C17H20NO3P/c1-17(2)13-18(15-9-5-3-6-10-15)22(19,20-14-17)21-16-11-7-4-8-12-16/h3-12H,13-14H2,1-2H3. The summed E-state index contributed by atoms with van der Waals surface area (Å²) in [5.41, 5.74) is 0.749. The third-order valence-electron chi connectivity index (χ3n) is 3.51. The van der Waals surface area contributed by atoms with Gasteiger partial charge in [0.05, 0.1) is 6.61 Å². The molecule has 2 aromatic rings. The van der Waals surface area contributed by atoms with Gasteiger partial charge in [0.15, 0.2) is 0 Å². The maximum absolute atomic E-state index is 13.3. The van der Waals surface area contributed by atoms with Gasteiger partial charge in [-0.15, -0.1) is 0 Å². The summed E-state index contributed by atoms with van der Waals surface area (Å²) in [4.78, 5) is 0. The van der Waals surface area contributed by atoms with E-state index < -0.39 is 7.75 Å². The zero-order valence-electron chi connectivity index (χ0n) is 12.8. The van der Waals surface area contributed by atoms with E-state index >= 15 is 0 Å². The van der Waals surface area contributed by atoms with E-state index in [-0.39, 0.29) is 5.41 Å². The van der Waals surface area contributed by atoms with Gasteiger partial charge < -0.3 is 4.52 Å². The van der Waals surface area contributed by atoms with Crippen molar-refractivity contribution in [2.75, 3.05) is 17.8 Å². The van der Waals surface area contributed by atoms with Crippen molar-refractivity contribution in [3.63, 3.8) is 0 Å². The lowest BCUT2D eigenvalue weighted by Crippen LogP contribution is -2.42. The molecule has 0 aliphatic carbocycles. The van der Waals surface area contributed by atoms with Crippen LogP contribution in [0.2, 0.25) is 0 Å². The number of benzene rings is 2. The van der Waals surface area contributed by atoms with E-state index in [1.807, 2.05) is 48.5 Å². The molecule has 1 heterocycles. The second kappa shape index (κ2) is 5.79. The van der Waals surface area contributed by atoms with Crippen LogP contribution in [0.5, 0.6) is 5.75 Å². The van der Waals surface area contributed by atoms with Crippen LogP contribution in [0.15, 0.2) is 60.7 Å². The van der Waals surface area contributed by atoms with E-state index in [1.165, 1.54) is 0 Å². The first kappa shape index (κ1) is 15.1. The monoisotopic (exact) mass is 317 g/mol. The molecule has 3 rings (SSSR count). The topological polar surface area (TPSA) is 38.8 Å². The number of hydrogen-bond acceptors (Lipinski definition) is 3. The van der Waals surface area contributed by atoms with Crippen molar-refractivity contribution in [1.82, 2.24) is 0 Å². The molecule has 4 nitrogen and oxygen atoms in total. The van der Waals surface area contributed by atoms with Crippen molar-refractivity contribution in [3.05, 3.63) is 60.7 Å². The molecule has 1 saturated heterocycles. The maximum Gasteiger partial charge on any atom is 0.489 e. The van der Waals surface area contributed by atoms with Gasteiger partial charge in [0.2, 0.25) is 0 Å². The summed E-state index contributed by atoms with van der Waals surface area (Å²) in [7, 11) is -3.41. The van der Waals surface area contributed by atoms with Gasteiger partial charge in [0.1, 0.15) is 5.75 Å². The Morgan fingerprint density at radius 2 is 1.64 bits per heavy atom. The number of anilines is 1. The van der Waals surface area contributed by atoms with Gasteiger partial charge in [-0.3, -0.25) is 9.19 Å². The average Bonchev–Trinajstić information content (AvgIpc) is 2.52. The van der Waals surface area contributed by atoms with Crippen molar-refractivity contribution in [3.8, 4) is 5.75 Å².